The molecule has 8 heteroatoms. The van der Waals surface area contributed by atoms with Crippen molar-refractivity contribution in [3.05, 3.63) is 35.4 Å². The van der Waals surface area contributed by atoms with Crippen LogP contribution >= 0.6 is 0 Å². The number of carbonyl (C=O) groups excluding carboxylic acids is 2. The van der Waals surface area contributed by atoms with E-state index in [9.17, 15) is 18.0 Å². The molecule has 0 saturated heterocycles. The van der Waals surface area contributed by atoms with E-state index in [0.717, 1.165) is 12.0 Å². The Labute approximate surface area is 143 Å². The Morgan fingerprint density at radius 1 is 1.21 bits per heavy atom. The fourth-order valence-electron chi connectivity index (χ4n) is 1.77. The first-order valence-corrected chi connectivity index (χ1v) is 9.56. The van der Waals surface area contributed by atoms with Crippen LogP contribution in [-0.2, 0) is 21.4 Å². The summed E-state index contributed by atoms with van der Waals surface area (Å²) in [4.78, 5) is 23.7. The lowest BCUT2D eigenvalue weighted by Crippen LogP contribution is -2.37. The Kier molecular flexibility index (Phi) is 7.87. The Morgan fingerprint density at radius 3 is 2.54 bits per heavy atom. The van der Waals surface area contributed by atoms with Crippen LogP contribution in [0.1, 0.15) is 43.1 Å². The molecule has 0 aliphatic rings. The molecule has 0 spiro atoms. The van der Waals surface area contributed by atoms with Gasteiger partial charge in [0.25, 0.3) is 5.91 Å². The van der Waals surface area contributed by atoms with Crippen LogP contribution in [0.3, 0.4) is 0 Å². The molecule has 0 saturated carbocycles. The Morgan fingerprint density at radius 2 is 1.92 bits per heavy atom. The zero-order valence-corrected chi connectivity index (χ0v) is 15.1. The highest BCUT2D eigenvalue weighted by Crippen LogP contribution is 2.06. The molecule has 0 fully saturated rings. The number of rotatable bonds is 9. The van der Waals surface area contributed by atoms with Gasteiger partial charge in [-0.2, -0.15) is 0 Å². The average molecular weight is 355 g/mol. The van der Waals surface area contributed by atoms with Gasteiger partial charge in [0.2, 0.25) is 15.9 Å². The summed E-state index contributed by atoms with van der Waals surface area (Å²) < 4.78 is 24.7. The molecule has 7 nitrogen and oxygen atoms in total. The fraction of sp³-hybridized carbons (Fsp3) is 0.500. The van der Waals surface area contributed by atoms with Crippen LogP contribution in [0.2, 0.25) is 0 Å². The van der Waals surface area contributed by atoms with Crippen LogP contribution in [0.4, 0.5) is 0 Å². The predicted octanol–water partition coefficient (Wildman–Crippen LogP) is 0.770. The topological polar surface area (TPSA) is 104 Å². The molecule has 0 radical (unpaired) electrons. The van der Waals surface area contributed by atoms with Crippen molar-refractivity contribution in [3.8, 4) is 0 Å². The molecule has 134 valence electrons. The van der Waals surface area contributed by atoms with E-state index in [4.69, 9.17) is 0 Å². The Balaban J connectivity index is 2.56. The minimum atomic E-state index is -3.39. The highest BCUT2D eigenvalue weighted by molar-refractivity contribution is 7.89. The van der Waals surface area contributed by atoms with E-state index in [1.165, 1.54) is 6.92 Å². The SMILES string of the molecule is CCC(C)NC(=O)c1cccc(CNC(=O)CNS(=O)(=O)CC)c1. The highest BCUT2D eigenvalue weighted by Gasteiger charge is 2.11. The molecular weight excluding hydrogens is 330 g/mol. The Bertz CT molecular complexity index is 674. The van der Waals surface area contributed by atoms with Crippen molar-refractivity contribution < 1.29 is 18.0 Å². The lowest BCUT2D eigenvalue weighted by molar-refractivity contribution is -0.120. The molecule has 0 aliphatic carbocycles. The van der Waals surface area contributed by atoms with E-state index in [2.05, 4.69) is 15.4 Å². The van der Waals surface area contributed by atoms with Crippen molar-refractivity contribution in [2.75, 3.05) is 12.3 Å². The van der Waals surface area contributed by atoms with Crippen LogP contribution in [0.15, 0.2) is 24.3 Å². The molecule has 1 aromatic carbocycles. The van der Waals surface area contributed by atoms with Crippen molar-refractivity contribution in [1.82, 2.24) is 15.4 Å². The summed E-state index contributed by atoms with van der Waals surface area (Å²) >= 11 is 0. The van der Waals surface area contributed by atoms with E-state index in [0.29, 0.717) is 5.56 Å². The van der Waals surface area contributed by atoms with Crippen LogP contribution in [-0.4, -0.2) is 38.6 Å². The molecule has 0 aliphatic heterocycles. The van der Waals surface area contributed by atoms with Gasteiger partial charge in [0, 0.05) is 18.2 Å². The van der Waals surface area contributed by atoms with E-state index < -0.39 is 15.9 Å². The standard InChI is InChI=1S/C16H25N3O4S/c1-4-12(3)19-16(21)14-8-6-7-13(9-14)10-17-15(20)11-18-24(22,23)5-2/h6-9,12,18H,4-5,10-11H2,1-3H3,(H,17,20)(H,19,21). The molecule has 0 heterocycles. The molecule has 1 aromatic rings. The Hall–Kier alpha value is -1.93. The number of amides is 2. The number of carbonyl (C=O) groups is 2. The van der Waals surface area contributed by atoms with Gasteiger partial charge in [-0.25, -0.2) is 13.1 Å². The van der Waals surface area contributed by atoms with Crippen LogP contribution in [0.5, 0.6) is 0 Å². The average Bonchev–Trinajstić information content (AvgIpc) is 2.58. The monoisotopic (exact) mass is 355 g/mol. The minimum absolute atomic E-state index is 0.0758. The van der Waals surface area contributed by atoms with Gasteiger partial charge >= 0.3 is 0 Å². The van der Waals surface area contributed by atoms with E-state index in [1.54, 1.807) is 24.3 Å². The molecule has 0 bridgehead atoms. The van der Waals surface area contributed by atoms with E-state index >= 15 is 0 Å². The normalized spacial score (nSPS) is 12.5. The first kappa shape index (κ1) is 20.1. The summed E-state index contributed by atoms with van der Waals surface area (Å²) in [6.07, 6.45) is 0.842. The van der Waals surface area contributed by atoms with Crippen molar-refractivity contribution in [3.63, 3.8) is 0 Å². The van der Waals surface area contributed by atoms with Crippen LogP contribution in [0.25, 0.3) is 0 Å². The van der Waals surface area contributed by atoms with Crippen LogP contribution < -0.4 is 15.4 Å². The molecule has 0 aromatic heterocycles. The zero-order chi connectivity index (χ0) is 18.2. The summed E-state index contributed by atoms with van der Waals surface area (Å²) in [6, 6.07) is 7.03. The van der Waals surface area contributed by atoms with Gasteiger partial charge in [-0.3, -0.25) is 9.59 Å². The highest BCUT2D eigenvalue weighted by atomic mass is 32.2. The molecule has 1 atom stereocenters. The van der Waals surface area contributed by atoms with Crippen molar-refractivity contribution >= 4 is 21.8 Å². The quantitative estimate of drug-likeness (QED) is 0.608. The smallest absolute Gasteiger partial charge is 0.251 e. The van der Waals surface area contributed by atoms with Gasteiger partial charge in [-0.05, 0) is 38.0 Å². The van der Waals surface area contributed by atoms with Gasteiger partial charge in [-0.1, -0.05) is 19.1 Å². The van der Waals surface area contributed by atoms with Crippen molar-refractivity contribution in [2.24, 2.45) is 0 Å². The van der Waals surface area contributed by atoms with Gasteiger partial charge < -0.3 is 10.6 Å². The molecular formula is C16H25N3O4S. The van der Waals surface area contributed by atoms with Crippen molar-refractivity contribution in [2.45, 2.75) is 39.8 Å². The molecule has 24 heavy (non-hydrogen) atoms. The van der Waals surface area contributed by atoms with Gasteiger partial charge in [0.05, 0.1) is 12.3 Å². The summed E-state index contributed by atoms with van der Waals surface area (Å²) in [5.74, 6) is -0.664. The number of benzene rings is 1. The molecule has 1 rings (SSSR count). The lowest BCUT2D eigenvalue weighted by atomic mass is 10.1. The maximum atomic E-state index is 12.1. The number of sulfonamides is 1. The van der Waals surface area contributed by atoms with Crippen LogP contribution in [0, 0.1) is 0 Å². The van der Waals surface area contributed by atoms with Gasteiger partial charge in [-0.15, -0.1) is 0 Å². The van der Waals surface area contributed by atoms with E-state index in [-0.39, 0.29) is 30.8 Å². The molecule has 3 N–H and O–H groups in total. The van der Waals surface area contributed by atoms with Gasteiger partial charge in [0.1, 0.15) is 0 Å². The summed E-state index contributed by atoms with van der Waals surface area (Å²) in [6.45, 7) is 5.33. The first-order valence-electron chi connectivity index (χ1n) is 7.91. The number of hydrogen-bond donors (Lipinski definition) is 3. The summed E-state index contributed by atoms with van der Waals surface area (Å²) in [5, 5.41) is 5.49. The summed E-state index contributed by atoms with van der Waals surface area (Å²) in [5.41, 5.74) is 1.28. The summed E-state index contributed by atoms with van der Waals surface area (Å²) in [7, 11) is -3.39. The first-order chi connectivity index (χ1) is 11.3. The minimum Gasteiger partial charge on any atom is -0.351 e. The zero-order valence-electron chi connectivity index (χ0n) is 14.3. The van der Waals surface area contributed by atoms with E-state index in [1.807, 2.05) is 13.8 Å². The lowest BCUT2D eigenvalue weighted by Gasteiger charge is -2.12. The third-order valence-corrected chi connectivity index (χ3v) is 4.85. The third kappa shape index (κ3) is 7.10. The maximum Gasteiger partial charge on any atom is 0.251 e. The number of nitrogens with one attached hydrogen (secondary N) is 3. The maximum absolute atomic E-state index is 12.1. The fourth-order valence-corrected chi connectivity index (χ4v) is 2.33. The molecule has 1 unspecified atom stereocenters. The largest absolute Gasteiger partial charge is 0.351 e. The third-order valence-electron chi connectivity index (χ3n) is 3.50. The van der Waals surface area contributed by atoms with Crippen molar-refractivity contribution in [1.29, 1.82) is 0 Å². The van der Waals surface area contributed by atoms with Gasteiger partial charge in [0.15, 0.2) is 0 Å². The predicted molar refractivity (Wildman–Crippen MR) is 93.0 cm³/mol. The second kappa shape index (κ2) is 9.39. The molecule has 2 amide bonds. The second-order valence-electron chi connectivity index (χ2n) is 5.48. The number of hydrogen-bond acceptors (Lipinski definition) is 4. The second-order valence-corrected chi connectivity index (χ2v) is 7.58.